The summed E-state index contributed by atoms with van der Waals surface area (Å²) in [6.45, 7) is 10.1. The van der Waals surface area contributed by atoms with Gasteiger partial charge in [0.15, 0.2) is 0 Å². The molecule has 0 N–H and O–H groups in total. The number of hydrogen-bond donors (Lipinski definition) is 0. The predicted octanol–water partition coefficient (Wildman–Crippen LogP) is 3.05. The second-order valence-electron chi connectivity index (χ2n) is 7.48. The molecule has 1 fully saturated rings. The van der Waals surface area contributed by atoms with E-state index >= 15 is 0 Å². The molecule has 1 atom stereocenters. The first-order valence-electron chi connectivity index (χ1n) is 9.06. The molecule has 0 bridgehead atoms. The van der Waals surface area contributed by atoms with Crippen molar-refractivity contribution in [1.82, 2.24) is 9.80 Å². The van der Waals surface area contributed by atoms with Gasteiger partial charge in [-0.3, -0.25) is 9.59 Å². The number of methoxy groups -OCH3 is 1. The average Bonchev–Trinajstić information content (AvgIpc) is 2.60. The number of nitrogens with zero attached hydrogens (tertiary/aromatic N) is 2. The predicted molar refractivity (Wildman–Crippen MR) is 98.7 cm³/mol. The van der Waals surface area contributed by atoms with Gasteiger partial charge in [-0.1, -0.05) is 33.8 Å². The SMILES string of the molecule is COc1cccc(C(=O)N2CCN(C(=O)CC(C)C)CC2C(C)C)c1. The highest BCUT2D eigenvalue weighted by Crippen LogP contribution is 2.22. The Morgan fingerprint density at radius 3 is 2.52 bits per heavy atom. The number of hydrogen-bond acceptors (Lipinski definition) is 3. The molecule has 1 heterocycles. The van der Waals surface area contributed by atoms with E-state index in [-0.39, 0.29) is 23.8 Å². The van der Waals surface area contributed by atoms with Crippen LogP contribution in [0.1, 0.15) is 44.5 Å². The van der Waals surface area contributed by atoms with Crippen LogP contribution >= 0.6 is 0 Å². The molecular formula is C20H30N2O3. The molecule has 1 aliphatic heterocycles. The van der Waals surface area contributed by atoms with Crippen LogP contribution in [-0.4, -0.2) is 54.4 Å². The van der Waals surface area contributed by atoms with Gasteiger partial charge in [0, 0.05) is 31.6 Å². The van der Waals surface area contributed by atoms with Gasteiger partial charge >= 0.3 is 0 Å². The van der Waals surface area contributed by atoms with Crippen molar-refractivity contribution in [2.45, 2.75) is 40.2 Å². The van der Waals surface area contributed by atoms with Crippen LogP contribution in [0.15, 0.2) is 24.3 Å². The summed E-state index contributed by atoms with van der Waals surface area (Å²) in [7, 11) is 1.60. The average molecular weight is 346 g/mol. The molecule has 1 unspecified atom stereocenters. The number of benzene rings is 1. The topological polar surface area (TPSA) is 49.9 Å². The molecule has 0 saturated carbocycles. The van der Waals surface area contributed by atoms with Crippen LogP contribution in [-0.2, 0) is 4.79 Å². The first-order valence-corrected chi connectivity index (χ1v) is 9.06. The van der Waals surface area contributed by atoms with Crippen LogP contribution in [0.5, 0.6) is 5.75 Å². The minimum absolute atomic E-state index is 0.00792. The van der Waals surface area contributed by atoms with Crippen molar-refractivity contribution >= 4 is 11.8 Å². The van der Waals surface area contributed by atoms with Gasteiger partial charge in [0.2, 0.25) is 5.91 Å². The van der Waals surface area contributed by atoms with Gasteiger partial charge in [-0.15, -0.1) is 0 Å². The summed E-state index contributed by atoms with van der Waals surface area (Å²) in [5.74, 6) is 1.51. The van der Waals surface area contributed by atoms with Crippen molar-refractivity contribution < 1.29 is 14.3 Å². The van der Waals surface area contributed by atoms with Crippen LogP contribution in [0.2, 0.25) is 0 Å². The molecular weight excluding hydrogens is 316 g/mol. The molecule has 0 spiro atoms. The zero-order valence-electron chi connectivity index (χ0n) is 16.0. The fourth-order valence-corrected chi connectivity index (χ4v) is 3.26. The van der Waals surface area contributed by atoms with Gasteiger partial charge < -0.3 is 14.5 Å². The molecule has 0 radical (unpaired) electrons. The maximum atomic E-state index is 13.0. The zero-order chi connectivity index (χ0) is 18.6. The third kappa shape index (κ3) is 4.74. The second kappa shape index (κ2) is 8.37. The van der Waals surface area contributed by atoms with E-state index in [1.54, 1.807) is 13.2 Å². The van der Waals surface area contributed by atoms with Crippen LogP contribution in [0, 0.1) is 11.8 Å². The zero-order valence-corrected chi connectivity index (χ0v) is 16.0. The third-order valence-corrected chi connectivity index (χ3v) is 4.70. The fourth-order valence-electron chi connectivity index (χ4n) is 3.26. The molecule has 1 aromatic carbocycles. The summed E-state index contributed by atoms with van der Waals surface area (Å²) in [5.41, 5.74) is 0.631. The molecule has 5 heteroatoms. The standard InChI is InChI=1S/C20H30N2O3/c1-14(2)11-19(23)21-9-10-22(18(13-21)15(3)4)20(24)16-7-6-8-17(12-16)25-5/h6-8,12,14-15,18H,9-11,13H2,1-5H3. The number of carbonyl (C=O) groups excluding carboxylic acids is 2. The summed E-state index contributed by atoms with van der Waals surface area (Å²) in [6, 6.07) is 7.29. The van der Waals surface area contributed by atoms with Crippen LogP contribution in [0.25, 0.3) is 0 Å². The highest BCUT2D eigenvalue weighted by Gasteiger charge is 2.34. The lowest BCUT2D eigenvalue weighted by atomic mass is 9.97. The van der Waals surface area contributed by atoms with E-state index in [1.807, 2.05) is 28.0 Å². The molecule has 138 valence electrons. The summed E-state index contributed by atoms with van der Waals surface area (Å²) in [4.78, 5) is 29.2. The van der Waals surface area contributed by atoms with Crippen molar-refractivity contribution in [3.8, 4) is 5.75 Å². The Kier molecular flexibility index (Phi) is 6.45. The minimum Gasteiger partial charge on any atom is -0.497 e. The number of amides is 2. The van der Waals surface area contributed by atoms with Gasteiger partial charge in [-0.05, 0) is 30.0 Å². The van der Waals surface area contributed by atoms with Gasteiger partial charge in [0.25, 0.3) is 5.91 Å². The Hall–Kier alpha value is -2.04. The quantitative estimate of drug-likeness (QED) is 0.823. The van der Waals surface area contributed by atoms with Crippen molar-refractivity contribution in [2.24, 2.45) is 11.8 Å². The first-order chi connectivity index (χ1) is 11.8. The second-order valence-corrected chi connectivity index (χ2v) is 7.48. The Morgan fingerprint density at radius 1 is 1.20 bits per heavy atom. The van der Waals surface area contributed by atoms with Crippen LogP contribution in [0.4, 0.5) is 0 Å². The van der Waals surface area contributed by atoms with Gasteiger partial charge in [-0.25, -0.2) is 0 Å². The van der Waals surface area contributed by atoms with E-state index in [0.717, 1.165) is 0 Å². The van der Waals surface area contributed by atoms with Crippen molar-refractivity contribution in [2.75, 3.05) is 26.7 Å². The van der Waals surface area contributed by atoms with E-state index in [1.165, 1.54) is 0 Å². The summed E-state index contributed by atoms with van der Waals surface area (Å²) in [6.07, 6.45) is 0.564. The maximum Gasteiger partial charge on any atom is 0.254 e. The summed E-state index contributed by atoms with van der Waals surface area (Å²) < 4.78 is 5.23. The number of ether oxygens (including phenoxy) is 1. The lowest BCUT2D eigenvalue weighted by molar-refractivity contribution is -0.135. The van der Waals surface area contributed by atoms with Crippen molar-refractivity contribution in [1.29, 1.82) is 0 Å². The maximum absolute atomic E-state index is 13.0. The lowest BCUT2D eigenvalue weighted by Gasteiger charge is -2.43. The number of carbonyl (C=O) groups is 2. The highest BCUT2D eigenvalue weighted by atomic mass is 16.5. The largest absolute Gasteiger partial charge is 0.497 e. The third-order valence-electron chi connectivity index (χ3n) is 4.70. The molecule has 0 aromatic heterocycles. The van der Waals surface area contributed by atoms with Crippen molar-refractivity contribution in [3.63, 3.8) is 0 Å². The number of rotatable bonds is 5. The summed E-state index contributed by atoms with van der Waals surface area (Å²) >= 11 is 0. The lowest BCUT2D eigenvalue weighted by Crippen LogP contribution is -2.58. The Morgan fingerprint density at radius 2 is 1.92 bits per heavy atom. The van der Waals surface area contributed by atoms with E-state index in [0.29, 0.717) is 43.3 Å². The molecule has 1 aliphatic rings. The molecule has 25 heavy (non-hydrogen) atoms. The molecule has 2 rings (SSSR count). The molecule has 0 aliphatic carbocycles. The van der Waals surface area contributed by atoms with Crippen LogP contribution in [0.3, 0.4) is 0 Å². The Labute approximate surface area is 150 Å². The smallest absolute Gasteiger partial charge is 0.254 e. The van der Waals surface area contributed by atoms with E-state index in [2.05, 4.69) is 27.7 Å². The van der Waals surface area contributed by atoms with E-state index in [9.17, 15) is 9.59 Å². The Bertz CT molecular complexity index is 613. The van der Waals surface area contributed by atoms with Gasteiger partial charge in [0.05, 0.1) is 13.2 Å². The first kappa shape index (κ1) is 19.3. The van der Waals surface area contributed by atoms with Crippen molar-refractivity contribution in [3.05, 3.63) is 29.8 Å². The van der Waals surface area contributed by atoms with E-state index < -0.39 is 0 Å². The normalized spacial score (nSPS) is 18.0. The molecule has 5 nitrogen and oxygen atoms in total. The monoisotopic (exact) mass is 346 g/mol. The highest BCUT2D eigenvalue weighted by molar-refractivity contribution is 5.95. The van der Waals surface area contributed by atoms with Gasteiger partial charge in [0.1, 0.15) is 5.75 Å². The van der Waals surface area contributed by atoms with Gasteiger partial charge in [-0.2, -0.15) is 0 Å². The fraction of sp³-hybridized carbons (Fsp3) is 0.600. The van der Waals surface area contributed by atoms with E-state index in [4.69, 9.17) is 4.74 Å². The molecule has 2 amide bonds. The summed E-state index contributed by atoms with van der Waals surface area (Å²) in [5, 5.41) is 0. The Balaban J connectivity index is 2.15. The number of piperazine rings is 1. The molecule has 1 saturated heterocycles. The molecule has 1 aromatic rings. The minimum atomic E-state index is 0.00792. The van der Waals surface area contributed by atoms with Crippen LogP contribution < -0.4 is 4.74 Å².